The maximum atomic E-state index is 12.6. The molecule has 7 heteroatoms. The average molecular weight is 382 g/mol. The fraction of sp³-hybridized carbons (Fsp3) is 0.333. The van der Waals surface area contributed by atoms with Gasteiger partial charge in [0.15, 0.2) is 17.5 Å². The second-order valence-corrected chi connectivity index (χ2v) is 7.10. The third kappa shape index (κ3) is 3.94. The van der Waals surface area contributed by atoms with E-state index in [1.807, 2.05) is 17.4 Å². The first-order valence-electron chi connectivity index (χ1n) is 9.51. The van der Waals surface area contributed by atoms with E-state index >= 15 is 0 Å². The van der Waals surface area contributed by atoms with Crippen LogP contribution in [-0.2, 0) is 22.6 Å². The predicted molar refractivity (Wildman–Crippen MR) is 103 cm³/mol. The van der Waals surface area contributed by atoms with Crippen LogP contribution in [0.3, 0.4) is 0 Å². The summed E-state index contributed by atoms with van der Waals surface area (Å²) in [5.74, 6) is 0.871. The average Bonchev–Trinajstić information content (AvgIpc) is 2.73. The second kappa shape index (κ2) is 7.90. The minimum atomic E-state index is -0.647. The van der Waals surface area contributed by atoms with Crippen molar-refractivity contribution in [3.05, 3.63) is 53.6 Å². The van der Waals surface area contributed by atoms with Crippen molar-refractivity contribution >= 4 is 17.5 Å². The molecule has 2 amide bonds. The van der Waals surface area contributed by atoms with E-state index in [1.165, 1.54) is 11.1 Å². The third-order valence-corrected chi connectivity index (χ3v) is 5.08. The monoisotopic (exact) mass is 382 g/mol. The van der Waals surface area contributed by atoms with E-state index in [-0.39, 0.29) is 17.9 Å². The van der Waals surface area contributed by atoms with Gasteiger partial charge in [0.25, 0.3) is 5.91 Å². The Labute approximate surface area is 163 Å². The topological polar surface area (TPSA) is 93.3 Å². The maximum Gasteiger partial charge on any atom is 0.279 e. The van der Waals surface area contributed by atoms with Gasteiger partial charge in [-0.3, -0.25) is 9.59 Å². The Morgan fingerprint density at radius 1 is 1.07 bits per heavy atom. The van der Waals surface area contributed by atoms with Gasteiger partial charge in [0.05, 0.1) is 0 Å². The smallest absolute Gasteiger partial charge is 0.279 e. The maximum absolute atomic E-state index is 12.6. The largest absolute Gasteiger partial charge is 0.486 e. The van der Waals surface area contributed by atoms with Gasteiger partial charge in [-0.05, 0) is 24.6 Å². The lowest BCUT2D eigenvalue weighted by Crippen LogP contribution is -2.93. The summed E-state index contributed by atoms with van der Waals surface area (Å²) in [5.41, 5.74) is 3.06. The van der Waals surface area contributed by atoms with Crippen LogP contribution >= 0.6 is 0 Å². The molecule has 2 heterocycles. The van der Waals surface area contributed by atoms with E-state index in [0.29, 0.717) is 36.8 Å². The van der Waals surface area contributed by atoms with Crippen LogP contribution in [0, 0.1) is 0 Å². The van der Waals surface area contributed by atoms with Crippen LogP contribution in [-0.4, -0.2) is 37.1 Å². The number of quaternary nitrogens is 1. The number of carbonyl (C=O) groups excluding carboxylic acids is 2. The summed E-state index contributed by atoms with van der Waals surface area (Å²) < 4.78 is 11.0. The molecule has 0 unspecified atom stereocenters. The highest BCUT2D eigenvalue weighted by Crippen LogP contribution is 2.32. The molecule has 4 rings (SSSR count). The van der Waals surface area contributed by atoms with E-state index in [1.54, 1.807) is 25.1 Å². The zero-order valence-corrected chi connectivity index (χ0v) is 15.7. The summed E-state index contributed by atoms with van der Waals surface area (Å²) in [7, 11) is 0. The molecule has 7 nitrogen and oxygen atoms in total. The summed E-state index contributed by atoms with van der Waals surface area (Å²) in [6, 6.07) is 12.5. The summed E-state index contributed by atoms with van der Waals surface area (Å²) in [6.07, 6.45) is 0.665. The molecule has 0 fully saturated rings. The second-order valence-electron chi connectivity index (χ2n) is 7.10. The number of amides is 2. The molecule has 2 aliphatic rings. The quantitative estimate of drug-likeness (QED) is 0.722. The number of nitrogens with one attached hydrogen (secondary N) is 2. The first-order valence-corrected chi connectivity index (χ1v) is 9.51. The molecule has 0 aromatic heterocycles. The van der Waals surface area contributed by atoms with Crippen LogP contribution in [0.1, 0.15) is 18.1 Å². The van der Waals surface area contributed by atoms with Crippen LogP contribution in [0.2, 0.25) is 0 Å². The number of hydrogen-bond donors (Lipinski definition) is 3. The molecular weight excluding hydrogens is 358 g/mol. The fourth-order valence-corrected chi connectivity index (χ4v) is 3.50. The summed E-state index contributed by atoms with van der Waals surface area (Å²) in [6.45, 7) is 3.45. The summed E-state index contributed by atoms with van der Waals surface area (Å²) in [4.78, 5) is 25.1. The van der Waals surface area contributed by atoms with Gasteiger partial charge in [-0.1, -0.05) is 24.3 Å². The fourth-order valence-electron chi connectivity index (χ4n) is 3.50. The number of fused-ring (bicyclic) bond motifs is 2. The Morgan fingerprint density at radius 2 is 1.82 bits per heavy atom. The molecule has 0 spiro atoms. The zero-order valence-electron chi connectivity index (χ0n) is 15.7. The van der Waals surface area contributed by atoms with Gasteiger partial charge in [-0.15, -0.1) is 0 Å². The standard InChI is InChI=1S/C21H23N3O4/c1-13(20(25)24-16-6-7-18-19(11-16)28-9-8-27-18)23-21(26)17-10-14-4-2-3-5-15(14)12-22-17/h2-7,11,13,17,22H,8-10,12H2,1H3,(H,23,26)(H,24,25)/p+1/t13-,17-/m0/s1. The van der Waals surface area contributed by atoms with Crippen molar-refractivity contribution in [1.82, 2.24) is 5.32 Å². The molecule has 146 valence electrons. The summed E-state index contributed by atoms with van der Waals surface area (Å²) in [5, 5.41) is 7.66. The highest BCUT2D eigenvalue weighted by atomic mass is 16.6. The lowest BCUT2D eigenvalue weighted by molar-refractivity contribution is -0.695. The molecule has 2 aliphatic heterocycles. The molecule has 0 radical (unpaired) electrons. The summed E-state index contributed by atoms with van der Waals surface area (Å²) >= 11 is 0. The van der Waals surface area contributed by atoms with Gasteiger partial charge in [-0.25, -0.2) is 0 Å². The minimum Gasteiger partial charge on any atom is -0.486 e. The van der Waals surface area contributed by atoms with Crippen LogP contribution in [0.25, 0.3) is 0 Å². The van der Waals surface area contributed by atoms with Crippen molar-refractivity contribution in [2.75, 3.05) is 18.5 Å². The molecule has 0 aliphatic carbocycles. The molecule has 2 aromatic rings. The molecule has 2 aromatic carbocycles. The zero-order chi connectivity index (χ0) is 19.5. The lowest BCUT2D eigenvalue weighted by Gasteiger charge is -2.24. The minimum absolute atomic E-state index is 0.126. The van der Waals surface area contributed by atoms with E-state index in [9.17, 15) is 9.59 Å². The van der Waals surface area contributed by atoms with E-state index in [0.717, 1.165) is 6.54 Å². The molecule has 0 bridgehead atoms. The highest BCUT2D eigenvalue weighted by molar-refractivity contribution is 5.97. The lowest BCUT2D eigenvalue weighted by atomic mass is 9.95. The first-order chi connectivity index (χ1) is 13.6. The van der Waals surface area contributed by atoms with Crippen molar-refractivity contribution < 1.29 is 24.4 Å². The molecule has 4 N–H and O–H groups in total. The van der Waals surface area contributed by atoms with Gasteiger partial charge in [-0.2, -0.15) is 0 Å². The number of hydrogen-bond acceptors (Lipinski definition) is 4. The van der Waals surface area contributed by atoms with Crippen LogP contribution in [0.5, 0.6) is 11.5 Å². The third-order valence-electron chi connectivity index (χ3n) is 5.08. The van der Waals surface area contributed by atoms with E-state index in [2.05, 4.69) is 22.8 Å². The van der Waals surface area contributed by atoms with Crippen molar-refractivity contribution in [2.45, 2.75) is 32.0 Å². The number of anilines is 1. The van der Waals surface area contributed by atoms with E-state index < -0.39 is 6.04 Å². The number of benzene rings is 2. The van der Waals surface area contributed by atoms with Crippen molar-refractivity contribution in [2.24, 2.45) is 0 Å². The predicted octanol–water partition coefficient (Wildman–Crippen LogP) is 0.589. The van der Waals surface area contributed by atoms with Gasteiger partial charge >= 0.3 is 0 Å². The van der Waals surface area contributed by atoms with Crippen LogP contribution in [0.4, 0.5) is 5.69 Å². The number of carbonyl (C=O) groups is 2. The number of rotatable bonds is 4. The van der Waals surface area contributed by atoms with Crippen molar-refractivity contribution in [3.63, 3.8) is 0 Å². The van der Waals surface area contributed by atoms with Crippen molar-refractivity contribution in [1.29, 1.82) is 0 Å². The van der Waals surface area contributed by atoms with Crippen molar-refractivity contribution in [3.8, 4) is 11.5 Å². The van der Waals surface area contributed by atoms with Gasteiger partial charge in [0.2, 0.25) is 5.91 Å². The Balaban J connectivity index is 1.34. The molecule has 2 atom stereocenters. The Kier molecular flexibility index (Phi) is 5.16. The van der Waals surface area contributed by atoms with Gasteiger partial charge in [0, 0.05) is 23.7 Å². The molecule has 0 saturated carbocycles. The van der Waals surface area contributed by atoms with Crippen LogP contribution in [0.15, 0.2) is 42.5 Å². The number of ether oxygens (including phenoxy) is 2. The van der Waals surface area contributed by atoms with Crippen LogP contribution < -0.4 is 25.4 Å². The Morgan fingerprint density at radius 3 is 2.64 bits per heavy atom. The number of nitrogens with two attached hydrogens (primary N) is 1. The normalized spacial score (nSPS) is 18.5. The highest BCUT2D eigenvalue weighted by Gasteiger charge is 2.29. The van der Waals surface area contributed by atoms with E-state index in [4.69, 9.17) is 9.47 Å². The molecule has 28 heavy (non-hydrogen) atoms. The Hall–Kier alpha value is -3.06. The van der Waals surface area contributed by atoms with Gasteiger partial charge < -0.3 is 25.4 Å². The Bertz CT molecular complexity index is 899. The molecular formula is C21H24N3O4+. The SMILES string of the molecule is C[C@H](NC(=O)[C@@H]1Cc2ccccc2C[NH2+]1)C(=O)Nc1ccc2c(c1)OCCO2. The first kappa shape index (κ1) is 18.3. The molecule has 0 saturated heterocycles. The van der Waals surface area contributed by atoms with Gasteiger partial charge in [0.1, 0.15) is 25.8 Å².